The third-order valence-electron chi connectivity index (χ3n) is 3.21. The smallest absolute Gasteiger partial charge is 0.408 e. The Hall–Kier alpha value is -1.86. The molecule has 0 radical (unpaired) electrons. The molecular formula is C13H13BrN4O2. The number of imidazole rings is 1. The summed E-state index contributed by atoms with van der Waals surface area (Å²) < 4.78 is 7.26. The Balaban J connectivity index is 2.19. The molecule has 0 atom stereocenters. The molecule has 0 bridgehead atoms. The normalized spacial score (nSPS) is 11.3. The highest BCUT2D eigenvalue weighted by atomic mass is 79.9. The number of hydrogen-bond donors (Lipinski definition) is 2. The van der Waals surface area contributed by atoms with Crippen LogP contribution in [0.15, 0.2) is 32.1 Å². The van der Waals surface area contributed by atoms with Crippen LogP contribution in [-0.4, -0.2) is 21.1 Å². The zero-order valence-electron chi connectivity index (χ0n) is 10.8. The largest absolute Gasteiger partial charge is 0.419 e. The van der Waals surface area contributed by atoms with Crippen molar-refractivity contribution in [2.75, 3.05) is 6.54 Å². The van der Waals surface area contributed by atoms with Crippen LogP contribution in [0, 0.1) is 0 Å². The molecule has 6 nitrogen and oxygen atoms in total. The third-order valence-corrected chi connectivity index (χ3v) is 3.58. The van der Waals surface area contributed by atoms with E-state index in [1.54, 1.807) is 13.1 Å². The summed E-state index contributed by atoms with van der Waals surface area (Å²) in [7, 11) is 1.68. The molecule has 1 aromatic carbocycles. The fourth-order valence-electron chi connectivity index (χ4n) is 2.22. The van der Waals surface area contributed by atoms with Crippen LogP contribution in [0.3, 0.4) is 0 Å². The van der Waals surface area contributed by atoms with Crippen molar-refractivity contribution in [2.45, 2.75) is 6.42 Å². The van der Waals surface area contributed by atoms with E-state index in [0.29, 0.717) is 23.3 Å². The summed E-state index contributed by atoms with van der Waals surface area (Å²) in [6, 6.07) is 5.55. The number of nitrogens with zero attached hydrogens (tertiary/aromatic N) is 2. The standard InChI is InChI=1S/C13H13BrN4O2/c1-18-9-6-7(2-3-10(9)20-13(18)19)11-8(4-5-15)16-12(14)17-11/h2-3,6H,4-5,15H2,1H3,(H,16,17). The number of H-pyrrole nitrogens is 1. The lowest BCUT2D eigenvalue weighted by Crippen LogP contribution is -2.08. The molecule has 20 heavy (non-hydrogen) atoms. The third kappa shape index (κ3) is 2.08. The summed E-state index contributed by atoms with van der Waals surface area (Å²) in [5.74, 6) is -0.373. The Morgan fingerprint density at radius 2 is 2.30 bits per heavy atom. The number of hydrogen-bond acceptors (Lipinski definition) is 4. The Kier molecular flexibility index (Phi) is 3.23. The predicted octanol–water partition coefficient (Wildman–Crippen LogP) is 1.79. The Morgan fingerprint density at radius 3 is 3.05 bits per heavy atom. The van der Waals surface area contributed by atoms with E-state index in [1.807, 2.05) is 12.1 Å². The van der Waals surface area contributed by atoms with Crippen LogP contribution < -0.4 is 11.5 Å². The molecule has 0 aliphatic carbocycles. The topological polar surface area (TPSA) is 89.8 Å². The number of aromatic amines is 1. The van der Waals surface area contributed by atoms with Gasteiger partial charge in [0.15, 0.2) is 10.3 Å². The molecule has 0 aliphatic heterocycles. The number of aromatic nitrogens is 3. The van der Waals surface area contributed by atoms with E-state index in [2.05, 4.69) is 25.9 Å². The Morgan fingerprint density at radius 1 is 1.50 bits per heavy atom. The molecule has 104 valence electrons. The molecule has 3 aromatic rings. The molecule has 3 N–H and O–H groups in total. The maximum atomic E-state index is 11.5. The quantitative estimate of drug-likeness (QED) is 0.762. The number of halogens is 1. The number of aryl methyl sites for hydroxylation is 1. The Labute approximate surface area is 122 Å². The van der Waals surface area contributed by atoms with Gasteiger partial charge in [-0.1, -0.05) is 0 Å². The predicted molar refractivity (Wildman–Crippen MR) is 79.5 cm³/mol. The van der Waals surface area contributed by atoms with Crippen molar-refractivity contribution in [3.8, 4) is 11.3 Å². The van der Waals surface area contributed by atoms with E-state index >= 15 is 0 Å². The molecule has 0 saturated heterocycles. The first-order chi connectivity index (χ1) is 9.60. The lowest BCUT2D eigenvalue weighted by Gasteiger charge is -2.02. The van der Waals surface area contributed by atoms with Gasteiger partial charge in [0.2, 0.25) is 0 Å². The van der Waals surface area contributed by atoms with Crippen molar-refractivity contribution in [1.82, 2.24) is 14.5 Å². The number of nitrogens with one attached hydrogen (secondary N) is 1. The van der Waals surface area contributed by atoms with E-state index < -0.39 is 0 Å². The molecule has 2 heterocycles. The fraction of sp³-hybridized carbons (Fsp3) is 0.231. The van der Waals surface area contributed by atoms with Crippen LogP contribution >= 0.6 is 15.9 Å². The van der Waals surface area contributed by atoms with Crippen molar-refractivity contribution in [3.05, 3.63) is 39.2 Å². The van der Waals surface area contributed by atoms with Gasteiger partial charge in [-0.25, -0.2) is 9.78 Å². The first kappa shape index (κ1) is 13.1. The summed E-state index contributed by atoms with van der Waals surface area (Å²) in [5.41, 5.74) is 9.63. The van der Waals surface area contributed by atoms with Crippen molar-refractivity contribution in [1.29, 1.82) is 0 Å². The lowest BCUT2D eigenvalue weighted by molar-refractivity contribution is 0.528. The van der Waals surface area contributed by atoms with Crippen LogP contribution in [0.1, 0.15) is 5.69 Å². The molecule has 3 rings (SSSR count). The van der Waals surface area contributed by atoms with Gasteiger partial charge in [-0.05, 0) is 40.7 Å². The second kappa shape index (κ2) is 4.92. The minimum Gasteiger partial charge on any atom is -0.408 e. The van der Waals surface area contributed by atoms with E-state index in [1.165, 1.54) is 4.57 Å². The second-order valence-electron chi connectivity index (χ2n) is 4.50. The van der Waals surface area contributed by atoms with Gasteiger partial charge in [0, 0.05) is 24.7 Å². The van der Waals surface area contributed by atoms with Crippen LogP contribution in [0.25, 0.3) is 22.4 Å². The van der Waals surface area contributed by atoms with Crippen LogP contribution in [-0.2, 0) is 13.5 Å². The molecule has 0 unspecified atom stereocenters. The summed E-state index contributed by atoms with van der Waals surface area (Å²) in [6.07, 6.45) is 0.705. The van der Waals surface area contributed by atoms with E-state index in [0.717, 1.165) is 22.5 Å². The van der Waals surface area contributed by atoms with Crippen molar-refractivity contribution < 1.29 is 4.42 Å². The molecule has 2 aromatic heterocycles. The molecular weight excluding hydrogens is 324 g/mol. The number of nitrogens with two attached hydrogens (primary N) is 1. The zero-order chi connectivity index (χ0) is 14.3. The van der Waals surface area contributed by atoms with Gasteiger partial charge in [0.05, 0.1) is 11.2 Å². The van der Waals surface area contributed by atoms with E-state index in [-0.39, 0.29) is 5.76 Å². The average molecular weight is 337 g/mol. The maximum Gasteiger partial charge on any atom is 0.419 e. The number of fused-ring (bicyclic) bond motifs is 1. The van der Waals surface area contributed by atoms with Crippen molar-refractivity contribution >= 4 is 27.0 Å². The fourth-order valence-corrected chi connectivity index (χ4v) is 2.63. The van der Waals surface area contributed by atoms with Crippen LogP contribution in [0.5, 0.6) is 0 Å². The lowest BCUT2D eigenvalue weighted by atomic mass is 10.1. The molecule has 0 aliphatic rings. The maximum absolute atomic E-state index is 11.5. The van der Waals surface area contributed by atoms with Gasteiger partial charge in [-0.2, -0.15) is 0 Å². The molecule has 0 spiro atoms. The van der Waals surface area contributed by atoms with Crippen molar-refractivity contribution in [3.63, 3.8) is 0 Å². The first-order valence-corrected chi connectivity index (χ1v) is 6.94. The van der Waals surface area contributed by atoms with Crippen molar-refractivity contribution in [2.24, 2.45) is 12.8 Å². The molecule has 0 saturated carbocycles. The van der Waals surface area contributed by atoms with Crippen LogP contribution in [0.4, 0.5) is 0 Å². The average Bonchev–Trinajstić information content (AvgIpc) is 2.92. The number of oxazole rings is 1. The second-order valence-corrected chi connectivity index (χ2v) is 5.25. The number of benzene rings is 1. The van der Waals surface area contributed by atoms with Crippen LogP contribution in [0.2, 0.25) is 0 Å². The summed E-state index contributed by atoms with van der Waals surface area (Å²) in [5, 5.41) is 0. The summed E-state index contributed by atoms with van der Waals surface area (Å²) in [4.78, 5) is 19.1. The molecule has 0 fully saturated rings. The SMILES string of the molecule is Cn1c(=O)oc2ccc(-c3nc(Br)[nH]c3CCN)cc21. The van der Waals surface area contributed by atoms with Gasteiger partial charge in [0.1, 0.15) is 0 Å². The van der Waals surface area contributed by atoms with E-state index in [9.17, 15) is 4.79 Å². The number of rotatable bonds is 3. The molecule has 7 heteroatoms. The van der Waals surface area contributed by atoms with Gasteiger partial charge >= 0.3 is 5.76 Å². The van der Waals surface area contributed by atoms with Gasteiger partial charge in [0.25, 0.3) is 0 Å². The minimum atomic E-state index is -0.373. The van der Waals surface area contributed by atoms with Gasteiger partial charge < -0.3 is 15.1 Å². The van der Waals surface area contributed by atoms with Gasteiger partial charge in [-0.3, -0.25) is 4.57 Å². The highest BCUT2D eigenvalue weighted by molar-refractivity contribution is 9.10. The van der Waals surface area contributed by atoms with E-state index in [4.69, 9.17) is 10.2 Å². The monoisotopic (exact) mass is 336 g/mol. The van der Waals surface area contributed by atoms with Gasteiger partial charge in [-0.15, -0.1) is 0 Å². The highest BCUT2D eigenvalue weighted by Crippen LogP contribution is 2.26. The minimum absolute atomic E-state index is 0.373. The summed E-state index contributed by atoms with van der Waals surface area (Å²) in [6.45, 7) is 0.536. The highest BCUT2D eigenvalue weighted by Gasteiger charge is 2.13. The zero-order valence-corrected chi connectivity index (χ0v) is 12.4. The first-order valence-electron chi connectivity index (χ1n) is 6.14. The Bertz CT molecular complexity index is 831. The summed E-state index contributed by atoms with van der Waals surface area (Å²) >= 11 is 3.34. The molecule has 0 amide bonds.